The monoisotopic (exact) mass is 257 g/mol. The second-order valence-corrected chi connectivity index (χ2v) is 5.12. The summed E-state index contributed by atoms with van der Waals surface area (Å²) >= 11 is 11.9. The molecule has 1 heterocycles. The van der Waals surface area contributed by atoms with Crippen molar-refractivity contribution in [3.63, 3.8) is 0 Å². The molecule has 2 rings (SSSR count). The van der Waals surface area contributed by atoms with Gasteiger partial charge in [-0.3, -0.25) is 0 Å². The first-order valence-electron chi connectivity index (χ1n) is 5.18. The van der Waals surface area contributed by atoms with Crippen molar-refractivity contribution >= 4 is 29.6 Å². The Morgan fingerprint density at radius 3 is 2.88 bits per heavy atom. The Morgan fingerprint density at radius 2 is 2.25 bits per heavy atom. The number of halogens is 2. The summed E-state index contributed by atoms with van der Waals surface area (Å²) in [7, 11) is 0. The van der Waals surface area contributed by atoms with Crippen LogP contribution in [0.4, 0.5) is 0 Å². The molecule has 0 saturated heterocycles. The molecule has 0 spiro atoms. The Morgan fingerprint density at radius 1 is 1.44 bits per heavy atom. The largest absolute Gasteiger partial charge is 0.481 e. The van der Waals surface area contributed by atoms with Crippen LogP contribution in [0.5, 0.6) is 0 Å². The van der Waals surface area contributed by atoms with E-state index in [9.17, 15) is 0 Å². The summed E-state index contributed by atoms with van der Waals surface area (Å²) in [6.45, 7) is 2.73. The van der Waals surface area contributed by atoms with Gasteiger partial charge in [-0.05, 0) is 37.5 Å². The number of ether oxygens (including phenoxy) is 1. The average Bonchev–Trinajstić information content (AvgIpc) is 2.64. The Balaban J connectivity index is 2.02. The fourth-order valence-corrected chi connectivity index (χ4v) is 2.19. The van der Waals surface area contributed by atoms with Crippen LogP contribution in [0, 0.1) is 0 Å². The maximum absolute atomic E-state index is 6.11. The molecule has 16 heavy (non-hydrogen) atoms. The van der Waals surface area contributed by atoms with Gasteiger partial charge in [0.1, 0.15) is 6.61 Å². The molecular weight excluding hydrogens is 245 g/mol. The quantitative estimate of drug-likeness (QED) is 0.809. The molecular formula is C12H13Cl2NO. The fraction of sp³-hybridized carbons (Fsp3) is 0.417. The van der Waals surface area contributed by atoms with Crippen LogP contribution >= 0.6 is 23.2 Å². The summed E-state index contributed by atoms with van der Waals surface area (Å²) in [4.78, 5) is 4.31. The number of rotatable bonds is 3. The van der Waals surface area contributed by atoms with Crippen LogP contribution in [0.25, 0.3) is 0 Å². The van der Waals surface area contributed by atoms with Crippen LogP contribution in [-0.4, -0.2) is 18.5 Å². The van der Waals surface area contributed by atoms with E-state index in [-0.39, 0.29) is 5.54 Å². The average molecular weight is 258 g/mol. The number of nitrogens with zero attached hydrogens (tertiary/aromatic N) is 1. The van der Waals surface area contributed by atoms with E-state index in [2.05, 4.69) is 11.9 Å². The Kier molecular flexibility index (Phi) is 3.41. The molecule has 0 bridgehead atoms. The number of hydrogen-bond donors (Lipinski definition) is 0. The van der Waals surface area contributed by atoms with Gasteiger partial charge < -0.3 is 4.74 Å². The third-order valence-corrected chi connectivity index (χ3v) is 3.37. The van der Waals surface area contributed by atoms with Gasteiger partial charge in [0.15, 0.2) is 6.40 Å². The Labute approximate surface area is 105 Å². The first kappa shape index (κ1) is 11.7. The van der Waals surface area contributed by atoms with Gasteiger partial charge in [0.25, 0.3) is 0 Å². The van der Waals surface area contributed by atoms with Gasteiger partial charge in [-0.15, -0.1) is 0 Å². The zero-order valence-electron chi connectivity index (χ0n) is 9.04. The topological polar surface area (TPSA) is 21.6 Å². The summed E-state index contributed by atoms with van der Waals surface area (Å²) < 4.78 is 5.15. The number of aryl methyl sites for hydroxylation is 1. The molecule has 1 atom stereocenters. The van der Waals surface area contributed by atoms with Crippen molar-refractivity contribution in [3.05, 3.63) is 33.8 Å². The molecule has 86 valence electrons. The predicted octanol–water partition coefficient (Wildman–Crippen LogP) is 3.74. The first-order chi connectivity index (χ1) is 7.59. The highest BCUT2D eigenvalue weighted by atomic mass is 35.5. The van der Waals surface area contributed by atoms with E-state index in [1.54, 1.807) is 6.07 Å². The van der Waals surface area contributed by atoms with Gasteiger partial charge in [-0.1, -0.05) is 29.3 Å². The smallest absolute Gasteiger partial charge is 0.170 e. The van der Waals surface area contributed by atoms with E-state index in [1.807, 2.05) is 12.1 Å². The highest BCUT2D eigenvalue weighted by Crippen LogP contribution is 2.26. The summed E-state index contributed by atoms with van der Waals surface area (Å²) in [6.07, 6.45) is 3.33. The summed E-state index contributed by atoms with van der Waals surface area (Å²) in [5.74, 6) is 0. The minimum atomic E-state index is -0.108. The summed E-state index contributed by atoms with van der Waals surface area (Å²) in [5.41, 5.74) is 0.998. The van der Waals surface area contributed by atoms with Crippen molar-refractivity contribution in [1.82, 2.24) is 0 Å². The van der Waals surface area contributed by atoms with Gasteiger partial charge in [-0.2, -0.15) is 0 Å². The third-order valence-electron chi connectivity index (χ3n) is 2.78. The van der Waals surface area contributed by atoms with Gasteiger partial charge in [-0.25, -0.2) is 4.99 Å². The van der Waals surface area contributed by atoms with Crippen LogP contribution < -0.4 is 0 Å². The summed E-state index contributed by atoms with van der Waals surface area (Å²) in [6, 6.07) is 5.60. The molecule has 0 radical (unpaired) electrons. The number of aliphatic imine (C=N–C) groups is 1. The number of benzene rings is 1. The van der Waals surface area contributed by atoms with E-state index in [0.717, 1.165) is 23.4 Å². The molecule has 0 saturated carbocycles. The van der Waals surface area contributed by atoms with Crippen molar-refractivity contribution in [1.29, 1.82) is 0 Å². The van der Waals surface area contributed by atoms with E-state index in [4.69, 9.17) is 27.9 Å². The Bertz CT molecular complexity index is 419. The molecule has 0 N–H and O–H groups in total. The van der Waals surface area contributed by atoms with Gasteiger partial charge >= 0.3 is 0 Å². The minimum Gasteiger partial charge on any atom is -0.481 e. The molecule has 1 aromatic carbocycles. The van der Waals surface area contributed by atoms with E-state index in [1.165, 1.54) is 6.40 Å². The highest BCUT2D eigenvalue weighted by molar-refractivity contribution is 6.35. The lowest BCUT2D eigenvalue weighted by Gasteiger charge is -2.18. The van der Waals surface area contributed by atoms with Crippen LogP contribution in [0.2, 0.25) is 10.0 Å². The van der Waals surface area contributed by atoms with Crippen molar-refractivity contribution in [2.75, 3.05) is 6.61 Å². The first-order valence-corrected chi connectivity index (χ1v) is 5.94. The lowest BCUT2D eigenvalue weighted by Crippen LogP contribution is -2.24. The summed E-state index contributed by atoms with van der Waals surface area (Å²) in [5, 5.41) is 1.39. The minimum absolute atomic E-state index is 0.108. The number of hydrogen-bond acceptors (Lipinski definition) is 2. The predicted molar refractivity (Wildman–Crippen MR) is 67.6 cm³/mol. The fourth-order valence-electron chi connectivity index (χ4n) is 1.68. The van der Waals surface area contributed by atoms with Crippen molar-refractivity contribution in [2.45, 2.75) is 25.3 Å². The molecule has 0 aromatic heterocycles. The van der Waals surface area contributed by atoms with Gasteiger partial charge in [0.05, 0.1) is 5.54 Å². The maximum Gasteiger partial charge on any atom is 0.170 e. The molecule has 1 unspecified atom stereocenters. The Hall–Kier alpha value is -0.730. The van der Waals surface area contributed by atoms with Gasteiger partial charge in [0, 0.05) is 10.0 Å². The lowest BCUT2D eigenvalue weighted by atomic mass is 9.95. The standard InChI is InChI=1S/C12H13Cl2NO/c1-12(7-16-8-15-12)5-4-9-2-3-10(13)6-11(9)14/h2-3,6,8H,4-5,7H2,1H3. The van der Waals surface area contributed by atoms with E-state index < -0.39 is 0 Å². The molecule has 0 fully saturated rings. The molecule has 2 nitrogen and oxygen atoms in total. The van der Waals surface area contributed by atoms with Gasteiger partial charge in [0.2, 0.25) is 0 Å². The van der Waals surface area contributed by atoms with Crippen LogP contribution in [-0.2, 0) is 11.2 Å². The van der Waals surface area contributed by atoms with Crippen molar-refractivity contribution < 1.29 is 4.74 Å². The van der Waals surface area contributed by atoms with E-state index >= 15 is 0 Å². The van der Waals surface area contributed by atoms with Crippen LogP contribution in [0.1, 0.15) is 18.9 Å². The molecule has 1 aliphatic rings. The molecule has 1 aliphatic heterocycles. The van der Waals surface area contributed by atoms with Crippen molar-refractivity contribution in [3.8, 4) is 0 Å². The van der Waals surface area contributed by atoms with E-state index in [0.29, 0.717) is 11.6 Å². The molecule has 1 aromatic rings. The van der Waals surface area contributed by atoms with Crippen LogP contribution in [0.15, 0.2) is 23.2 Å². The second kappa shape index (κ2) is 4.64. The zero-order chi connectivity index (χ0) is 11.6. The maximum atomic E-state index is 6.11. The van der Waals surface area contributed by atoms with Crippen molar-refractivity contribution in [2.24, 2.45) is 4.99 Å². The zero-order valence-corrected chi connectivity index (χ0v) is 10.6. The highest BCUT2D eigenvalue weighted by Gasteiger charge is 2.27. The third kappa shape index (κ3) is 2.69. The molecule has 4 heteroatoms. The molecule has 0 aliphatic carbocycles. The van der Waals surface area contributed by atoms with Crippen LogP contribution in [0.3, 0.4) is 0 Å². The lowest BCUT2D eigenvalue weighted by molar-refractivity contribution is 0.264. The second-order valence-electron chi connectivity index (χ2n) is 4.28. The normalized spacial score (nSPS) is 23.4. The SMILES string of the molecule is CC1(CCc2ccc(Cl)cc2Cl)COC=N1. The molecule has 0 amide bonds.